The van der Waals surface area contributed by atoms with Crippen LogP contribution >= 0.6 is 0 Å². The van der Waals surface area contributed by atoms with E-state index in [1.807, 2.05) is 0 Å². The van der Waals surface area contributed by atoms with Crippen LogP contribution in [-0.4, -0.2) is 39.4 Å². The lowest BCUT2D eigenvalue weighted by Crippen LogP contribution is -2.23. The van der Waals surface area contributed by atoms with Crippen LogP contribution in [0.3, 0.4) is 0 Å². The van der Waals surface area contributed by atoms with Crippen LogP contribution in [0.2, 0.25) is 0 Å². The van der Waals surface area contributed by atoms with E-state index >= 15 is 0 Å². The van der Waals surface area contributed by atoms with Gasteiger partial charge in [0, 0.05) is 12.4 Å². The second kappa shape index (κ2) is 5.38. The number of carbonyl (C=O) groups excluding carboxylic acids is 1. The molecule has 0 fully saturated rings. The van der Waals surface area contributed by atoms with Gasteiger partial charge in [-0.3, -0.25) is 14.8 Å². The summed E-state index contributed by atoms with van der Waals surface area (Å²) in [6, 6.07) is 0. The predicted molar refractivity (Wildman–Crippen MR) is 49.6 cm³/mol. The van der Waals surface area contributed by atoms with E-state index in [-0.39, 0.29) is 12.1 Å². The van der Waals surface area contributed by atoms with Crippen molar-refractivity contribution in [1.29, 1.82) is 0 Å². The first-order valence-corrected chi connectivity index (χ1v) is 4.34. The van der Waals surface area contributed by atoms with Gasteiger partial charge in [-0.1, -0.05) is 0 Å². The normalized spacial score (nSPS) is 14.3. The third-order valence-corrected chi connectivity index (χ3v) is 1.85. The highest BCUT2D eigenvalue weighted by atomic mass is 16.5. The number of aliphatic hydroxyl groups is 2. The van der Waals surface area contributed by atoms with Gasteiger partial charge in [-0.25, -0.2) is 0 Å². The van der Waals surface area contributed by atoms with Gasteiger partial charge in [0.15, 0.2) is 0 Å². The molecular weight excluding hydrogens is 200 g/mol. The largest absolute Gasteiger partial charge is 0.469 e. The molecule has 0 amide bonds. The molecule has 1 aromatic heterocycles. The molecule has 2 N–H and O–H groups in total. The van der Waals surface area contributed by atoms with E-state index in [0.29, 0.717) is 0 Å². The lowest BCUT2D eigenvalue weighted by atomic mass is 10.1. The standard InChI is InChI=1S/C9H12N2O4/c1-15-8(13)4-7(12)9(14)6-5-10-2-3-11-6/h2-3,5,7,9,12,14H,4H2,1H3. The summed E-state index contributed by atoms with van der Waals surface area (Å²) in [4.78, 5) is 18.4. The van der Waals surface area contributed by atoms with Crippen molar-refractivity contribution in [2.45, 2.75) is 18.6 Å². The van der Waals surface area contributed by atoms with Crippen LogP contribution in [0.1, 0.15) is 18.2 Å². The molecule has 0 aromatic carbocycles. The van der Waals surface area contributed by atoms with Crippen LogP contribution in [0.15, 0.2) is 18.6 Å². The molecule has 1 aromatic rings. The number of carbonyl (C=O) groups is 1. The van der Waals surface area contributed by atoms with Gasteiger partial charge in [0.25, 0.3) is 0 Å². The Balaban J connectivity index is 2.61. The van der Waals surface area contributed by atoms with E-state index in [0.717, 1.165) is 0 Å². The molecule has 0 radical (unpaired) electrons. The predicted octanol–water partition coefficient (Wildman–Crippen LogP) is -0.566. The zero-order chi connectivity index (χ0) is 11.3. The molecule has 0 aliphatic carbocycles. The Morgan fingerprint density at radius 1 is 1.53 bits per heavy atom. The Morgan fingerprint density at radius 3 is 2.80 bits per heavy atom. The van der Waals surface area contributed by atoms with E-state index in [1.54, 1.807) is 0 Å². The number of hydrogen-bond donors (Lipinski definition) is 2. The fraction of sp³-hybridized carbons (Fsp3) is 0.444. The van der Waals surface area contributed by atoms with Crippen molar-refractivity contribution < 1.29 is 19.7 Å². The summed E-state index contributed by atoms with van der Waals surface area (Å²) in [7, 11) is 1.21. The molecule has 15 heavy (non-hydrogen) atoms. The summed E-state index contributed by atoms with van der Waals surface area (Å²) in [5.41, 5.74) is 0.217. The van der Waals surface area contributed by atoms with E-state index < -0.39 is 18.2 Å². The number of hydrogen-bond acceptors (Lipinski definition) is 6. The van der Waals surface area contributed by atoms with Crippen LogP contribution < -0.4 is 0 Å². The number of aliphatic hydroxyl groups excluding tert-OH is 2. The van der Waals surface area contributed by atoms with Gasteiger partial charge in [0.2, 0.25) is 0 Å². The Hall–Kier alpha value is -1.53. The van der Waals surface area contributed by atoms with Crippen LogP contribution in [0.25, 0.3) is 0 Å². The fourth-order valence-corrected chi connectivity index (χ4v) is 1.03. The van der Waals surface area contributed by atoms with Crippen molar-refractivity contribution in [3.63, 3.8) is 0 Å². The molecule has 1 rings (SSSR count). The third kappa shape index (κ3) is 3.26. The van der Waals surface area contributed by atoms with Crippen molar-refractivity contribution in [1.82, 2.24) is 9.97 Å². The minimum atomic E-state index is -1.24. The number of ether oxygens (including phenoxy) is 1. The molecule has 0 saturated carbocycles. The van der Waals surface area contributed by atoms with Crippen molar-refractivity contribution in [2.75, 3.05) is 7.11 Å². The van der Waals surface area contributed by atoms with Crippen LogP contribution in [0.4, 0.5) is 0 Å². The van der Waals surface area contributed by atoms with Gasteiger partial charge in [-0.05, 0) is 0 Å². The number of methoxy groups -OCH3 is 1. The molecule has 82 valence electrons. The van der Waals surface area contributed by atoms with Crippen molar-refractivity contribution >= 4 is 5.97 Å². The molecule has 2 atom stereocenters. The van der Waals surface area contributed by atoms with E-state index in [2.05, 4.69) is 14.7 Å². The van der Waals surface area contributed by atoms with Crippen LogP contribution in [0.5, 0.6) is 0 Å². The van der Waals surface area contributed by atoms with Gasteiger partial charge in [0.1, 0.15) is 6.10 Å². The minimum Gasteiger partial charge on any atom is -0.469 e. The maximum Gasteiger partial charge on any atom is 0.308 e. The highest BCUT2D eigenvalue weighted by molar-refractivity contribution is 5.69. The summed E-state index contributed by atoms with van der Waals surface area (Å²) < 4.78 is 4.36. The molecule has 0 spiro atoms. The second-order valence-electron chi connectivity index (χ2n) is 2.92. The maximum atomic E-state index is 10.8. The van der Waals surface area contributed by atoms with Gasteiger partial charge in [-0.2, -0.15) is 0 Å². The van der Waals surface area contributed by atoms with Crippen molar-refractivity contribution in [2.24, 2.45) is 0 Å². The quantitative estimate of drug-likeness (QED) is 0.649. The Labute approximate surface area is 86.6 Å². The Morgan fingerprint density at radius 2 is 2.27 bits per heavy atom. The molecule has 6 heteroatoms. The van der Waals surface area contributed by atoms with Gasteiger partial charge in [0.05, 0.1) is 31.5 Å². The fourth-order valence-electron chi connectivity index (χ4n) is 1.03. The zero-order valence-corrected chi connectivity index (χ0v) is 8.20. The van der Waals surface area contributed by atoms with Crippen molar-refractivity contribution in [3.8, 4) is 0 Å². The number of nitrogens with zero attached hydrogens (tertiary/aromatic N) is 2. The minimum absolute atomic E-state index is 0.217. The molecule has 0 saturated heterocycles. The summed E-state index contributed by atoms with van der Waals surface area (Å²) in [5.74, 6) is -0.592. The Kier molecular flexibility index (Phi) is 4.14. The highest BCUT2D eigenvalue weighted by Gasteiger charge is 2.22. The number of esters is 1. The first-order valence-electron chi connectivity index (χ1n) is 4.34. The van der Waals surface area contributed by atoms with E-state index in [9.17, 15) is 15.0 Å². The lowest BCUT2D eigenvalue weighted by Gasteiger charge is -2.15. The number of rotatable bonds is 4. The summed E-state index contributed by atoms with van der Waals surface area (Å²) in [6.07, 6.45) is 1.40. The molecular formula is C9H12N2O4. The summed E-state index contributed by atoms with van der Waals surface area (Å²) in [5, 5.41) is 19.0. The molecule has 6 nitrogen and oxygen atoms in total. The Bertz CT molecular complexity index is 317. The average molecular weight is 212 g/mol. The van der Waals surface area contributed by atoms with Gasteiger partial charge < -0.3 is 14.9 Å². The second-order valence-corrected chi connectivity index (χ2v) is 2.92. The molecule has 2 unspecified atom stereocenters. The van der Waals surface area contributed by atoms with Gasteiger partial charge in [-0.15, -0.1) is 0 Å². The van der Waals surface area contributed by atoms with Gasteiger partial charge >= 0.3 is 5.97 Å². The van der Waals surface area contributed by atoms with Crippen LogP contribution in [-0.2, 0) is 9.53 Å². The first-order chi connectivity index (χ1) is 7.15. The zero-order valence-electron chi connectivity index (χ0n) is 8.20. The van der Waals surface area contributed by atoms with Crippen LogP contribution in [0, 0.1) is 0 Å². The maximum absolute atomic E-state index is 10.8. The number of aromatic nitrogens is 2. The van der Waals surface area contributed by atoms with E-state index in [1.165, 1.54) is 25.7 Å². The smallest absolute Gasteiger partial charge is 0.308 e. The molecule has 0 aliphatic rings. The third-order valence-electron chi connectivity index (χ3n) is 1.85. The first kappa shape index (κ1) is 11.5. The molecule has 1 heterocycles. The molecule has 0 aliphatic heterocycles. The van der Waals surface area contributed by atoms with Crippen molar-refractivity contribution in [3.05, 3.63) is 24.3 Å². The highest BCUT2D eigenvalue weighted by Crippen LogP contribution is 2.15. The SMILES string of the molecule is COC(=O)CC(O)C(O)c1cnccn1. The summed E-state index contributed by atoms with van der Waals surface area (Å²) in [6.45, 7) is 0. The lowest BCUT2D eigenvalue weighted by molar-refractivity contribution is -0.144. The topological polar surface area (TPSA) is 92.5 Å². The monoisotopic (exact) mass is 212 g/mol. The average Bonchev–Trinajstić information content (AvgIpc) is 2.29. The molecule has 0 bridgehead atoms. The summed E-state index contributed by atoms with van der Waals surface area (Å²) >= 11 is 0. The van der Waals surface area contributed by atoms with E-state index in [4.69, 9.17) is 0 Å².